The average Bonchev–Trinajstić information content (AvgIpc) is 3.04. The van der Waals surface area contributed by atoms with Crippen LogP contribution in [0.25, 0.3) is 5.69 Å². The van der Waals surface area contributed by atoms with Crippen LogP contribution in [0.15, 0.2) is 48.8 Å². The molecule has 0 bridgehead atoms. The number of hydrogen-bond acceptors (Lipinski definition) is 4. The third-order valence-corrected chi connectivity index (χ3v) is 3.42. The van der Waals surface area contributed by atoms with E-state index >= 15 is 0 Å². The Morgan fingerprint density at radius 1 is 1.23 bits per heavy atom. The van der Waals surface area contributed by atoms with E-state index in [2.05, 4.69) is 20.8 Å². The van der Waals surface area contributed by atoms with Gasteiger partial charge in [-0.25, -0.2) is 4.68 Å². The lowest BCUT2D eigenvalue weighted by Crippen LogP contribution is -2.12. The minimum absolute atomic E-state index is 0.223. The highest BCUT2D eigenvalue weighted by Gasteiger charge is 2.10. The number of anilines is 1. The highest BCUT2D eigenvalue weighted by atomic mass is 35.5. The molecule has 0 atom stereocenters. The summed E-state index contributed by atoms with van der Waals surface area (Å²) in [6, 6.07) is 12.5. The molecule has 0 saturated carbocycles. The summed E-state index contributed by atoms with van der Waals surface area (Å²) in [6.45, 7) is 1.93. The van der Waals surface area contributed by atoms with Crippen LogP contribution >= 0.6 is 11.6 Å². The van der Waals surface area contributed by atoms with Gasteiger partial charge in [0, 0.05) is 5.56 Å². The van der Waals surface area contributed by atoms with E-state index in [9.17, 15) is 4.79 Å². The summed E-state index contributed by atoms with van der Waals surface area (Å²) in [5.74, 6) is -0.223. The van der Waals surface area contributed by atoms with Gasteiger partial charge in [-0.3, -0.25) is 4.79 Å². The van der Waals surface area contributed by atoms with Gasteiger partial charge in [0.1, 0.15) is 6.33 Å². The number of aromatic nitrogens is 4. The van der Waals surface area contributed by atoms with E-state index in [-0.39, 0.29) is 5.91 Å². The van der Waals surface area contributed by atoms with E-state index < -0.39 is 0 Å². The molecule has 6 nitrogen and oxygen atoms in total. The maximum atomic E-state index is 12.3. The zero-order valence-electron chi connectivity index (χ0n) is 11.7. The van der Waals surface area contributed by atoms with Crippen LogP contribution in [0.5, 0.6) is 0 Å². The first kappa shape index (κ1) is 14.2. The van der Waals surface area contributed by atoms with Gasteiger partial charge in [0.05, 0.1) is 16.4 Å². The van der Waals surface area contributed by atoms with Gasteiger partial charge in [0.2, 0.25) is 0 Å². The molecule has 3 rings (SSSR count). The number of halogens is 1. The van der Waals surface area contributed by atoms with Crippen LogP contribution in [0, 0.1) is 6.92 Å². The highest BCUT2D eigenvalue weighted by molar-refractivity contribution is 6.34. The fourth-order valence-corrected chi connectivity index (χ4v) is 2.18. The summed E-state index contributed by atoms with van der Waals surface area (Å²) in [6.07, 6.45) is 1.47. The fraction of sp³-hybridized carbons (Fsp3) is 0.0667. The maximum absolute atomic E-state index is 12.3. The highest BCUT2D eigenvalue weighted by Crippen LogP contribution is 2.25. The first-order valence-corrected chi connectivity index (χ1v) is 6.92. The second-order valence-electron chi connectivity index (χ2n) is 4.74. The third-order valence-electron chi connectivity index (χ3n) is 3.09. The molecule has 1 heterocycles. The lowest BCUT2D eigenvalue weighted by molar-refractivity contribution is 0.102. The van der Waals surface area contributed by atoms with Gasteiger partial charge in [-0.05, 0) is 47.7 Å². The molecule has 1 amide bonds. The molecule has 0 spiro atoms. The number of nitrogens with one attached hydrogen (secondary N) is 1. The van der Waals surface area contributed by atoms with E-state index in [1.807, 2.05) is 25.1 Å². The molecule has 22 heavy (non-hydrogen) atoms. The van der Waals surface area contributed by atoms with Gasteiger partial charge >= 0.3 is 0 Å². The molecular formula is C15H12ClN5O. The van der Waals surface area contributed by atoms with Crippen LogP contribution in [0.2, 0.25) is 5.02 Å². The number of nitrogens with zero attached hydrogens (tertiary/aromatic N) is 4. The van der Waals surface area contributed by atoms with Crippen LogP contribution in [0.1, 0.15) is 15.9 Å². The lowest BCUT2D eigenvalue weighted by Gasteiger charge is -2.09. The number of rotatable bonds is 3. The molecule has 7 heteroatoms. The van der Waals surface area contributed by atoms with Crippen molar-refractivity contribution in [3.63, 3.8) is 0 Å². The third kappa shape index (κ3) is 2.96. The van der Waals surface area contributed by atoms with Crippen molar-refractivity contribution in [2.45, 2.75) is 6.92 Å². The Hall–Kier alpha value is -2.73. The van der Waals surface area contributed by atoms with Gasteiger partial charge in [-0.15, -0.1) is 5.10 Å². The fourth-order valence-electron chi connectivity index (χ4n) is 2.01. The Morgan fingerprint density at radius 3 is 2.82 bits per heavy atom. The number of benzene rings is 2. The number of aryl methyl sites for hydroxylation is 1. The van der Waals surface area contributed by atoms with Crippen molar-refractivity contribution in [2.75, 3.05) is 5.32 Å². The number of carbonyl (C=O) groups excluding carboxylic acids is 1. The topological polar surface area (TPSA) is 72.7 Å². The number of amides is 1. The van der Waals surface area contributed by atoms with Crippen molar-refractivity contribution in [1.82, 2.24) is 20.2 Å². The minimum atomic E-state index is -0.223. The molecule has 0 fully saturated rings. The Bertz CT molecular complexity index is 817. The van der Waals surface area contributed by atoms with Crippen molar-refractivity contribution < 1.29 is 4.79 Å². The van der Waals surface area contributed by atoms with E-state index in [1.165, 1.54) is 11.0 Å². The smallest absolute Gasteiger partial charge is 0.255 e. The molecule has 0 saturated heterocycles. The first-order chi connectivity index (χ1) is 10.6. The molecule has 1 N–H and O–H groups in total. The summed E-state index contributed by atoms with van der Waals surface area (Å²) >= 11 is 6.14. The minimum Gasteiger partial charge on any atom is -0.321 e. The van der Waals surface area contributed by atoms with Crippen LogP contribution in [-0.4, -0.2) is 26.1 Å². The van der Waals surface area contributed by atoms with E-state index in [0.717, 1.165) is 5.56 Å². The SMILES string of the molecule is Cc1cccc(C(=O)Nc2cc(-n3cnnn3)ccc2Cl)c1. The Labute approximate surface area is 131 Å². The summed E-state index contributed by atoms with van der Waals surface area (Å²) in [5, 5.41) is 14.2. The second-order valence-corrected chi connectivity index (χ2v) is 5.15. The number of tetrazole rings is 1. The zero-order chi connectivity index (χ0) is 15.5. The summed E-state index contributed by atoms with van der Waals surface area (Å²) in [7, 11) is 0. The molecule has 1 aromatic heterocycles. The summed E-state index contributed by atoms with van der Waals surface area (Å²) in [4.78, 5) is 12.3. The van der Waals surface area contributed by atoms with E-state index in [4.69, 9.17) is 11.6 Å². The van der Waals surface area contributed by atoms with Gasteiger partial charge in [-0.1, -0.05) is 29.3 Å². The van der Waals surface area contributed by atoms with E-state index in [0.29, 0.717) is 22.0 Å². The monoisotopic (exact) mass is 313 g/mol. The Morgan fingerprint density at radius 2 is 2.09 bits per heavy atom. The quantitative estimate of drug-likeness (QED) is 0.807. The Balaban J connectivity index is 1.88. The van der Waals surface area contributed by atoms with Crippen molar-refractivity contribution in [1.29, 1.82) is 0 Å². The molecule has 0 aliphatic heterocycles. The average molecular weight is 314 g/mol. The van der Waals surface area contributed by atoms with E-state index in [1.54, 1.807) is 24.3 Å². The van der Waals surface area contributed by atoms with Crippen molar-refractivity contribution in [3.8, 4) is 5.69 Å². The van der Waals surface area contributed by atoms with Crippen LogP contribution in [0.3, 0.4) is 0 Å². The van der Waals surface area contributed by atoms with Crippen LogP contribution in [-0.2, 0) is 0 Å². The predicted octanol–water partition coefficient (Wildman–Crippen LogP) is 2.88. The first-order valence-electron chi connectivity index (χ1n) is 6.54. The molecule has 0 radical (unpaired) electrons. The molecule has 0 aliphatic carbocycles. The largest absolute Gasteiger partial charge is 0.321 e. The van der Waals surface area contributed by atoms with Gasteiger partial charge in [0.25, 0.3) is 5.91 Å². The van der Waals surface area contributed by atoms with Gasteiger partial charge < -0.3 is 5.32 Å². The standard InChI is InChI=1S/C15H12ClN5O/c1-10-3-2-4-11(7-10)15(22)18-14-8-12(5-6-13(14)16)21-9-17-19-20-21/h2-9H,1H3,(H,18,22). The zero-order valence-corrected chi connectivity index (χ0v) is 12.4. The van der Waals surface area contributed by atoms with Gasteiger partial charge in [0.15, 0.2) is 0 Å². The molecule has 0 unspecified atom stereocenters. The lowest BCUT2D eigenvalue weighted by atomic mass is 10.1. The number of hydrogen-bond donors (Lipinski definition) is 1. The summed E-state index contributed by atoms with van der Waals surface area (Å²) in [5.41, 5.74) is 2.79. The molecule has 3 aromatic rings. The van der Waals surface area contributed by atoms with Crippen molar-refractivity contribution in [3.05, 3.63) is 64.9 Å². The number of carbonyl (C=O) groups is 1. The van der Waals surface area contributed by atoms with Gasteiger partial charge in [-0.2, -0.15) is 0 Å². The second kappa shape index (κ2) is 5.95. The molecule has 0 aliphatic rings. The van der Waals surface area contributed by atoms with Crippen molar-refractivity contribution >= 4 is 23.2 Å². The molecule has 2 aromatic carbocycles. The maximum Gasteiger partial charge on any atom is 0.255 e. The molecular weight excluding hydrogens is 302 g/mol. The molecule has 110 valence electrons. The Kier molecular flexibility index (Phi) is 3.84. The van der Waals surface area contributed by atoms with Crippen LogP contribution < -0.4 is 5.32 Å². The summed E-state index contributed by atoms with van der Waals surface area (Å²) < 4.78 is 1.48. The predicted molar refractivity (Wildman–Crippen MR) is 83.3 cm³/mol. The van der Waals surface area contributed by atoms with Crippen LogP contribution in [0.4, 0.5) is 5.69 Å². The normalized spacial score (nSPS) is 10.5. The van der Waals surface area contributed by atoms with Crippen molar-refractivity contribution in [2.24, 2.45) is 0 Å².